The molecule has 0 spiro atoms. The van der Waals surface area contributed by atoms with Gasteiger partial charge in [-0.2, -0.15) is 0 Å². The molecular weight excluding hydrogens is 298 g/mol. The summed E-state index contributed by atoms with van der Waals surface area (Å²) >= 11 is 0. The number of carbonyl (C=O) groups excluding carboxylic acids is 1. The Bertz CT molecular complexity index is 837. The highest BCUT2D eigenvalue weighted by atomic mass is 16.6. The Morgan fingerprint density at radius 1 is 1.04 bits per heavy atom. The van der Waals surface area contributed by atoms with Gasteiger partial charge in [-0.1, -0.05) is 62.7 Å². The summed E-state index contributed by atoms with van der Waals surface area (Å²) in [6.45, 7) is 8.51. The van der Waals surface area contributed by atoms with Gasteiger partial charge in [-0.25, -0.2) is 9.79 Å². The van der Waals surface area contributed by atoms with Gasteiger partial charge in [0.25, 0.3) is 0 Å². The SMILES string of the molecule is Cc1cccc(/C=C2\N=C(c3ccc(C(C)(C)C)cc3)OC2=O)c1. The number of aliphatic imine (C=N–C) groups is 1. The molecule has 3 heteroatoms. The normalized spacial score (nSPS) is 16.2. The Kier molecular flexibility index (Phi) is 4.10. The second-order valence-electron chi connectivity index (χ2n) is 7.08. The van der Waals surface area contributed by atoms with Crippen molar-refractivity contribution in [2.75, 3.05) is 0 Å². The molecule has 0 bridgehead atoms. The molecule has 3 nitrogen and oxygen atoms in total. The van der Waals surface area contributed by atoms with E-state index in [2.05, 4.69) is 25.8 Å². The van der Waals surface area contributed by atoms with Crippen molar-refractivity contribution in [1.29, 1.82) is 0 Å². The van der Waals surface area contributed by atoms with Gasteiger partial charge in [-0.15, -0.1) is 0 Å². The summed E-state index contributed by atoms with van der Waals surface area (Å²) in [6.07, 6.45) is 1.76. The number of nitrogens with zero attached hydrogens (tertiary/aromatic N) is 1. The van der Waals surface area contributed by atoms with Gasteiger partial charge < -0.3 is 4.74 Å². The third kappa shape index (κ3) is 3.46. The molecule has 122 valence electrons. The first kappa shape index (κ1) is 16.2. The molecule has 3 rings (SSSR count). The zero-order chi connectivity index (χ0) is 17.3. The number of esters is 1. The maximum atomic E-state index is 12.1. The first-order chi connectivity index (χ1) is 11.3. The molecule has 1 heterocycles. The lowest BCUT2D eigenvalue weighted by Crippen LogP contribution is -2.11. The average Bonchev–Trinajstić information content (AvgIpc) is 2.88. The fourth-order valence-electron chi connectivity index (χ4n) is 2.56. The van der Waals surface area contributed by atoms with Gasteiger partial charge in [0.15, 0.2) is 5.70 Å². The van der Waals surface area contributed by atoms with Crippen LogP contribution in [0, 0.1) is 6.92 Å². The van der Waals surface area contributed by atoms with E-state index in [4.69, 9.17) is 4.74 Å². The number of hydrogen-bond acceptors (Lipinski definition) is 3. The van der Waals surface area contributed by atoms with Crippen molar-refractivity contribution in [2.45, 2.75) is 33.1 Å². The first-order valence-electron chi connectivity index (χ1n) is 8.03. The fraction of sp³-hybridized carbons (Fsp3) is 0.238. The lowest BCUT2D eigenvalue weighted by atomic mass is 9.87. The molecule has 0 unspecified atom stereocenters. The minimum absolute atomic E-state index is 0.0862. The standard InChI is InChI=1S/C21H21NO2/c1-14-6-5-7-15(12-14)13-18-20(23)24-19(22-18)16-8-10-17(11-9-16)21(2,3)4/h5-13H,1-4H3/b18-13-. The van der Waals surface area contributed by atoms with Crippen molar-refractivity contribution < 1.29 is 9.53 Å². The summed E-state index contributed by atoms with van der Waals surface area (Å²) in [5, 5.41) is 0. The molecule has 0 fully saturated rings. The van der Waals surface area contributed by atoms with Crippen LogP contribution in [0.4, 0.5) is 0 Å². The molecule has 0 atom stereocenters. The summed E-state index contributed by atoms with van der Waals surface area (Å²) < 4.78 is 5.33. The zero-order valence-corrected chi connectivity index (χ0v) is 14.5. The van der Waals surface area contributed by atoms with Crippen LogP contribution in [0.3, 0.4) is 0 Å². The van der Waals surface area contributed by atoms with Crippen LogP contribution < -0.4 is 0 Å². The molecule has 2 aromatic rings. The van der Waals surface area contributed by atoms with Crippen LogP contribution >= 0.6 is 0 Å². The third-order valence-electron chi connectivity index (χ3n) is 3.96. The van der Waals surface area contributed by atoms with Gasteiger partial charge in [0, 0.05) is 5.56 Å². The number of aryl methyl sites for hydroxylation is 1. The van der Waals surface area contributed by atoms with E-state index in [1.54, 1.807) is 6.08 Å². The van der Waals surface area contributed by atoms with E-state index in [0.717, 1.165) is 16.7 Å². The Labute approximate surface area is 142 Å². The molecule has 0 saturated heterocycles. The van der Waals surface area contributed by atoms with Gasteiger partial charge in [0.2, 0.25) is 5.90 Å². The highest BCUT2D eigenvalue weighted by Gasteiger charge is 2.24. The summed E-state index contributed by atoms with van der Waals surface area (Å²) in [6, 6.07) is 15.9. The van der Waals surface area contributed by atoms with Crippen molar-refractivity contribution in [3.63, 3.8) is 0 Å². The average molecular weight is 319 g/mol. The Hall–Kier alpha value is -2.68. The van der Waals surface area contributed by atoms with E-state index in [0.29, 0.717) is 11.6 Å². The van der Waals surface area contributed by atoms with Crippen molar-refractivity contribution in [1.82, 2.24) is 0 Å². The number of ether oxygens (including phenoxy) is 1. The van der Waals surface area contributed by atoms with Crippen molar-refractivity contribution in [3.8, 4) is 0 Å². The molecule has 0 saturated carbocycles. The van der Waals surface area contributed by atoms with Gasteiger partial charge >= 0.3 is 5.97 Å². The number of hydrogen-bond donors (Lipinski definition) is 0. The van der Waals surface area contributed by atoms with Gasteiger partial charge in [0.05, 0.1) is 0 Å². The monoisotopic (exact) mass is 319 g/mol. The minimum atomic E-state index is -0.411. The van der Waals surface area contributed by atoms with Crippen molar-refractivity contribution >= 4 is 17.9 Å². The Balaban J connectivity index is 1.89. The second kappa shape index (κ2) is 6.08. The topological polar surface area (TPSA) is 38.7 Å². The van der Waals surface area contributed by atoms with E-state index in [-0.39, 0.29) is 5.41 Å². The van der Waals surface area contributed by atoms with Crippen LogP contribution in [-0.2, 0) is 14.9 Å². The molecule has 0 N–H and O–H groups in total. The minimum Gasteiger partial charge on any atom is -0.402 e. The zero-order valence-electron chi connectivity index (χ0n) is 14.5. The van der Waals surface area contributed by atoms with Crippen LogP contribution in [0.15, 0.2) is 59.2 Å². The summed E-state index contributed by atoms with van der Waals surface area (Å²) in [4.78, 5) is 16.4. The van der Waals surface area contributed by atoms with Crippen molar-refractivity contribution in [3.05, 3.63) is 76.5 Å². The maximum absolute atomic E-state index is 12.1. The fourth-order valence-corrected chi connectivity index (χ4v) is 2.56. The van der Waals surface area contributed by atoms with Gasteiger partial charge in [-0.05, 0) is 41.7 Å². The molecular formula is C21H21NO2. The lowest BCUT2D eigenvalue weighted by molar-refractivity contribution is -0.129. The number of rotatable bonds is 2. The van der Waals surface area contributed by atoms with Crippen LogP contribution in [0.2, 0.25) is 0 Å². The maximum Gasteiger partial charge on any atom is 0.363 e. The summed E-state index contributed by atoms with van der Waals surface area (Å²) in [5.74, 6) is -0.0502. The largest absolute Gasteiger partial charge is 0.402 e. The molecule has 1 aliphatic heterocycles. The van der Waals surface area contributed by atoms with E-state index < -0.39 is 5.97 Å². The molecule has 0 amide bonds. The second-order valence-corrected chi connectivity index (χ2v) is 7.08. The van der Waals surface area contributed by atoms with Crippen LogP contribution in [0.5, 0.6) is 0 Å². The summed E-state index contributed by atoms with van der Waals surface area (Å²) in [7, 11) is 0. The number of cyclic esters (lactones) is 1. The van der Waals surface area contributed by atoms with E-state index in [1.807, 2.05) is 55.5 Å². The van der Waals surface area contributed by atoms with Gasteiger partial charge in [-0.3, -0.25) is 0 Å². The van der Waals surface area contributed by atoms with Gasteiger partial charge in [0.1, 0.15) is 0 Å². The molecule has 0 aromatic heterocycles. The Morgan fingerprint density at radius 2 is 1.75 bits per heavy atom. The highest BCUT2D eigenvalue weighted by Crippen LogP contribution is 2.24. The van der Waals surface area contributed by atoms with Crippen LogP contribution in [-0.4, -0.2) is 11.9 Å². The summed E-state index contributed by atoms with van der Waals surface area (Å²) in [5.41, 5.74) is 4.53. The highest BCUT2D eigenvalue weighted by molar-refractivity contribution is 6.12. The lowest BCUT2D eigenvalue weighted by Gasteiger charge is -2.18. The number of benzene rings is 2. The number of carbonyl (C=O) groups is 1. The van der Waals surface area contributed by atoms with E-state index in [9.17, 15) is 4.79 Å². The van der Waals surface area contributed by atoms with Crippen molar-refractivity contribution in [2.24, 2.45) is 4.99 Å². The predicted molar refractivity (Wildman–Crippen MR) is 96.9 cm³/mol. The van der Waals surface area contributed by atoms with Crippen LogP contribution in [0.25, 0.3) is 6.08 Å². The Morgan fingerprint density at radius 3 is 2.38 bits per heavy atom. The van der Waals surface area contributed by atoms with E-state index >= 15 is 0 Å². The smallest absolute Gasteiger partial charge is 0.363 e. The third-order valence-corrected chi connectivity index (χ3v) is 3.96. The first-order valence-corrected chi connectivity index (χ1v) is 8.03. The van der Waals surface area contributed by atoms with E-state index in [1.165, 1.54) is 5.56 Å². The molecule has 2 aromatic carbocycles. The molecule has 0 aliphatic carbocycles. The molecule has 0 radical (unpaired) electrons. The quantitative estimate of drug-likeness (QED) is 0.597. The van der Waals surface area contributed by atoms with Crippen LogP contribution in [0.1, 0.15) is 43.0 Å². The molecule has 24 heavy (non-hydrogen) atoms. The molecule has 1 aliphatic rings. The predicted octanol–water partition coefficient (Wildman–Crippen LogP) is 4.64.